The third kappa shape index (κ3) is 3.94. The van der Waals surface area contributed by atoms with E-state index in [-0.39, 0.29) is 5.82 Å². The van der Waals surface area contributed by atoms with E-state index in [1.54, 1.807) is 29.2 Å². The molecule has 0 aliphatic rings. The van der Waals surface area contributed by atoms with Gasteiger partial charge in [-0.2, -0.15) is 0 Å². The molecular formula is C16H15ClFN3S2. The summed E-state index contributed by atoms with van der Waals surface area (Å²) in [5, 5.41) is 12.0. The van der Waals surface area contributed by atoms with Gasteiger partial charge in [0.2, 0.25) is 0 Å². The quantitative estimate of drug-likeness (QED) is 0.572. The minimum atomic E-state index is -0.321. The molecule has 3 rings (SSSR count). The monoisotopic (exact) mass is 367 g/mol. The Kier molecular flexibility index (Phi) is 5.35. The van der Waals surface area contributed by atoms with Gasteiger partial charge in [0.25, 0.3) is 0 Å². The normalized spacial score (nSPS) is 11.1. The van der Waals surface area contributed by atoms with E-state index in [2.05, 4.69) is 33.1 Å². The Morgan fingerprint density at radius 1 is 1.30 bits per heavy atom. The number of benzene rings is 1. The number of rotatable bonds is 6. The first-order valence-corrected chi connectivity index (χ1v) is 9.43. The molecule has 0 amide bonds. The second-order valence-corrected chi connectivity index (χ2v) is 7.31. The topological polar surface area (TPSA) is 30.7 Å². The van der Waals surface area contributed by atoms with Gasteiger partial charge in [-0.15, -0.1) is 21.5 Å². The zero-order chi connectivity index (χ0) is 16.2. The van der Waals surface area contributed by atoms with Crippen LogP contribution in [0.4, 0.5) is 4.39 Å². The maximum absolute atomic E-state index is 13.1. The first kappa shape index (κ1) is 16.5. The van der Waals surface area contributed by atoms with Gasteiger partial charge in [0, 0.05) is 28.6 Å². The van der Waals surface area contributed by atoms with Crippen molar-refractivity contribution in [2.24, 2.45) is 0 Å². The lowest BCUT2D eigenvalue weighted by Crippen LogP contribution is -2.03. The summed E-state index contributed by atoms with van der Waals surface area (Å²) in [4.78, 5) is 1.27. The molecule has 0 bridgehead atoms. The van der Waals surface area contributed by atoms with Crippen molar-refractivity contribution in [3.05, 3.63) is 62.8 Å². The molecule has 0 fully saturated rings. The lowest BCUT2D eigenvalue weighted by molar-refractivity contribution is 0.627. The number of halogens is 2. The average molecular weight is 368 g/mol. The highest BCUT2D eigenvalue weighted by atomic mass is 35.5. The summed E-state index contributed by atoms with van der Waals surface area (Å²) in [6.07, 6.45) is 0.788. The Labute approximate surface area is 147 Å². The molecule has 2 aromatic heterocycles. The van der Waals surface area contributed by atoms with E-state index in [0.717, 1.165) is 29.5 Å². The van der Waals surface area contributed by atoms with Crippen LogP contribution in [0.15, 0.2) is 40.9 Å². The van der Waals surface area contributed by atoms with E-state index in [4.69, 9.17) is 11.6 Å². The molecule has 0 saturated carbocycles. The first-order chi connectivity index (χ1) is 11.2. The minimum Gasteiger partial charge on any atom is -0.306 e. The second-order valence-electron chi connectivity index (χ2n) is 4.92. The summed E-state index contributed by atoms with van der Waals surface area (Å²) in [5.74, 6) is 1.28. The van der Waals surface area contributed by atoms with Crippen molar-refractivity contribution in [1.82, 2.24) is 14.8 Å². The standard InChI is InChI=1S/C16H15ClFN3S2/c1-2-21-15(9-13-4-3-7-22-13)19-20-16(21)23-10-11-5-6-12(18)8-14(11)17/h3-8H,2,9-10H2,1H3. The van der Waals surface area contributed by atoms with E-state index in [0.29, 0.717) is 10.8 Å². The van der Waals surface area contributed by atoms with Crippen molar-refractivity contribution >= 4 is 34.7 Å². The number of hydrogen-bond acceptors (Lipinski definition) is 4. The highest BCUT2D eigenvalue weighted by Gasteiger charge is 2.13. The van der Waals surface area contributed by atoms with E-state index in [1.807, 2.05) is 6.07 Å². The molecule has 0 spiro atoms. The number of hydrogen-bond donors (Lipinski definition) is 0. The zero-order valence-electron chi connectivity index (χ0n) is 12.5. The maximum Gasteiger partial charge on any atom is 0.191 e. The molecule has 120 valence electrons. The fourth-order valence-corrected chi connectivity index (χ4v) is 4.26. The van der Waals surface area contributed by atoms with Crippen molar-refractivity contribution in [3.63, 3.8) is 0 Å². The molecule has 0 N–H and O–H groups in total. The molecule has 0 atom stereocenters. The van der Waals surface area contributed by atoms with Crippen molar-refractivity contribution in [3.8, 4) is 0 Å². The largest absolute Gasteiger partial charge is 0.306 e. The van der Waals surface area contributed by atoms with Crippen LogP contribution in [-0.2, 0) is 18.7 Å². The van der Waals surface area contributed by atoms with Crippen LogP contribution in [-0.4, -0.2) is 14.8 Å². The number of aromatic nitrogens is 3. The van der Waals surface area contributed by atoms with Gasteiger partial charge in [-0.3, -0.25) is 0 Å². The van der Waals surface area contributed by atoms with Crippen LogP contribution in [0.3, 0.4) is 0 Å². The Balaban J connectivity index is 1.74. The molecule has 0 aliphatic heterocycles. The molecule has 0 radical (unpaired) electrons. The zero-order valence-corrected chi connectivity index (χ0v) is 14.9. The lowest BCUT2D eigenvalue weighted by Gasteiger charge is -2.07. The molecule has 0 saturated heterocycles. The van der Waals surface area contributed by atoms with Gasteiger partial charge in [-0.1, -0.05) is 35.5 Å². The third-order valence-corrected chi connectivity index (χ3v) is 5.64. The van der Waals surface area contributed by atoms with E-state index in [9.17, 15) is 4.39 Å². The van der Waals surface area contributed by atoms with Gasteiger partial charge in [-0.25, -0.2) is 4.39 Å². The maximum atomic E-state index is 13.1. The lowest BCUT2D eigenvalue weighted by atomic mass is 10.2. The molecule has 0 aliphatic carbocycles. The van der Waals surface area contributed by atoms with Crippen molar-refractivity contribution in [2.45, 2.75) is 30.8 Å². The van der Waals surface area contributed by atoms with Crippen molar-refractivity contribution in [1.29, 1.82) is 0 Å². The fourth-order valence-electron chi connectivity index (χ4n) is 2.22. The van der Waals surface area contributed by atoms with Crippen LogP contribution in [0.25, 0.3) is 0 Å². The average Bonchev–Trinajstić information content (AvgIpc) is 3.16. The smallest absolute Gasteiger partial charge is 0.191 e. The summed E-state index contributed by atoms with van der Waals surface area (Å²) in [6.45, 7) is 2.89. The number of thioether (sulfide) groups is 1. The van der Waals surface area contributed by atoms with Crippen LogP contribution < -0.4 is 0 Å². The highest BCUT2D eigenvalue weighted by molar-refractivity contribution is 7.98. The molecule has 7 heteroatoms. The molecule has 0 unspecified atom stereocenters. The Morgan fingerprint density at radius 3 is 2.87 bits per heavy atom. The van der Waals surface area contributed by atoms with Gasteiger partial charge in [0.05, 0.1) is 0 Å². The summed E-state index contributed by atoms with van der Waals surface area (Å²) >= 11 is 9.36. The minimum absolute atomic E-state index is 0.321. The summed E-state index contributed by atoms with van der Waals surface area (Å²) in [5.41, 5.74) is 0.892. The Hall–Kier alpha value is -1.37. The number of nitrogens with zero attached hydrogens (tertiary/aromatic N) is 3. The first-order valence-electron chi connectivity index (χ1n) is 7.18. The molecule has 23 heavy (non-hydrogen) atoms. The summed E-state index contributed by atoms with van der Waals surface area (Å²) < 4.78 is 15.2. The van der Waals surface area contributed by atoms with Crippen LogP contribution in [0.2, 0.25) is 5.02 Å². The van der Waals surface area contributed by atoms with Gasteiger partial charge in [-0.05, 0) is 36.1 Å². The predicted octanol–water partition coefficient (Wildman–Crippen LogP) is 5.04. The van der Waals surface area contributed by atoms with Gasteiger partial charge >= 0.3 is 0 Å². The van der Waals surface area contributed by atoms with Gasteiger partial charge < -0.3 is 4.57 Å². The van der Waals surface area contributed by atoms with Gasteiger partial charge in [0.15, 0.2) is 5.16 Å². The molecule has 2 heterocycles. The molecule has 3 nitrogen and oxygen atoms in total. The van der Waals surface area contributed by atoms with E-state index >= 15 is 0 Å². The van der Waals surface area contributed by atoms with Gasteiger partial charge in [0.1, 0.15) is 11.6 Å². The fraction of sp³-hybridized carbons (Fsp3) is 0.250. The second kappa shape index (κ2) is 7.47. The summed E-state index contributed by atoms with van der Waals surface area (Å²) in [6, 6.07) is 8.62. The molecule has 1 aromatic carbocycles. The SMILES string of the molecule is CCn1c(Cc2cccs2)nnc1SCc1ccc(F)cc1Cl. The number of thiophene rings is 1. The predicted molar refractivity (Wildman–Crippen MR) is 93.8 cm³/mol. The summed E-state index contributed by atoms with van der Waals surface area (Å²) in [7, 11) is 0. The highest BCUT2D eigenvalue weighted by Crippen LogP contribution is 2.27. The molecule has 3 aromatic rings. The van der Waals surface area contributed by atoms with Crippen LogP contribution in [0.1, 0.15) is 23.2 Å². The Morgan fingerprint density at radius 2 is 2.17 bits per heavy atom. The third-order valence-electron chi connectivity index (χ3n) is 3.39. The van der Waals surface area contributed by atoms with Crippen molar-refractivity contribution < 1.29 is 4.39 Å². The Bertz CT molecular complexity index is 787. The van der Waals surface area contributed by atoms with Crippen LogP contribution >= 0.6 is 34.7 Å². The van der Waals surface area contributed by atoms with Crippen LogP contribution in [0, 0.1) is 5.82 Å². The molecular weight excluding hydrogens is 353 g/mol. The van der Waals surface area contributed by atoms with E-state index < -0.39 is 0 Å². The van der Waals surface area contributed by atoms with Crippen molar-refractivity contribution in [2.75, 3.05) is 0 Å². The van der Waals surface area contributed by atoms with Crippen LogP contribution in [0.5, 0.6) is 0 Å². The van der Waals surface area contributed by atoms with E-state index in [1.165, 1.54) is 17.0 Å².